The molecule has 3 aromatic rings. The Hall–Kier alpha value is -4.16. The molecule has 0 radical (unpaired) electrons. The molecule has 7 nitrogen and oxygen atoms in total. The molecule has 0 unspecified atom stereocenters. The molecule has 2 aromatic carbocycles. The van der Waals surface area contributed by atoms with Crippen LogP contribution in [0.15, 0.2) is 88.1 Å². The Morgan fingerprint density at radius 3 is 2.60 bits per heavy atom. The van der Waals surface area contributed by atoms with Crippen molar-refractivity contribution in [2.45, 2.75) is 13.0 Å². The molecule has 0 aliphatic carbocycles. The fourth-order valence-corrected chi connectivity index (χ4v) is 4.32. The minimum atomic E-state index is -0.423. The van der Waals surface area contributed by atoms with Crippen molar-refractivity contribution in [1.82, 2.24) is 4.90 Å². The maximum Gasteiger partial charge on any atom is 0.283 e. The summed E-state index contributed by atoms with van der Waals surface area (Å²) in [4.78, 5) is 33.6. The summed E-state index contributed by atoms with van der Waals surface area (Å²) in [5.41, 5.74) is 1.47. The van der Waals surface area contributed by atoms with Crippen LogP contribution in [0.4, 0.5) is 10.1 Å². The van der Waals surface area contributed by atoms with Crippen LogP contribution in [0.2, 0.25) is 0 Å². The van der Waals surface area contributed by atoms with Gasteiger partial charge in [0.1, 0.15) is 17.3 Å². The third-order valence-electron chi connectivity index (χ3n) is 5.12. The SMILES string of the molecule is N#CCCN(Cc1ccco1)C(=O)CSC1=N/C(=C/c2ccccc2)C(=O)N1c1ccc(F)cc1. The molecule has 2 heterocycles. The molecule has 0 saturated heterocycles. The molecule has 1 aliphatic heterocycles. The number of carbonyl (C=O) groups excluding carboxylic acids is 2. The molecule has 0 fully saturated rings. The van der Waals surface area contributed by atoms with Gasteiger partial charge in [-0.2, -0.15) is 5.26 Å². The Morgan fingerprint density at radius 2 is 1.91 bits per heavy atom. The predicted molar refractivity (Wildman–Crippen MR) is 133 cm³/mol. The van der Waals surface area contributed by atoms with Crippen molar-refractivity contribution in [1.29, 1.82) is 5.26 Å². The summed E-state index contributed by atoms with van der Waals surface area (Å²) in [7, 11) is 0. The molecule has 0 N–H and O–H groups in total. The smallest absolute Gasteiger partial charge is 0.283 e. The zero-order chi connectivity index (χ0) is 24.6. The first-order valence-corrected chi connectivity index (χ1v) is 11.8. The first kappa shape index (κ1) is 24.0. The Kier molecular flexibility index (Phi) is 7.75. The lowest BCUT2D eigenvalue weighted by Gasteiger charge is -2.21. The van der Waals surface area contributed by atoms with Crippen molar-refractivity contribution in [3.63, 3.8) is 0 Å². The number of aliphatic imine (C=N–C) groups is 1. The highest BCUT2D eigenvalue weighted by molar-refractivity contribution is 8.14. The van der Waals surface area contributed by atoms with Crippen molar-refractivity contribution in [3.8, 4) is 6.07 Å². The minimum absolute atomic E-state index is 0.00539. The third kappa shape index (κ3) is 6.05. The van der Waals surface area contributed by atoms with Gasteiger partial charge in [0.15, 0.2) is 5.17 Å². The number of furan rings is 1. The van der Waals surface area contributed by atoms with Gasteiger partial charge in [-0.05, 0) is 48.0 Å². The average Bonchev–Trinajstić information content (AvgIpc) is 3.49. The number of nitrogens with zero attached hydrogens (tertiary/aromatic N) is 4. The number of anilines is 1. The molecular weight excluding hydrogens is 467 g/mol. The number of amides is 2. The Balaban J connectivity index is 1.56. The average molecular weight is 489 g/mol. The molecule has 0 atom stereocenters. The zero-order valence-corrected chi connectivity index (χ0v) is 19.5. The number of halogens is 1. The van der Waals surface area contributed by atoms with Crippen LogP contribution >= 0.6 is 11.8 Å². The number of hydrogen-bond acceptors (Lipinski definition) is 6. The van der Waals surface area contributed by atoms with Crippen LogP contribution in [-0.2, 0) is 16.1 Å². The molecule has 0 spiro atoms. The molecule has 4 rings (SSSR count). The lowest BCUT2D eigenvalue weighted by atomic mass is 10.2. The number of rotatable bonds is 8. The fourth-order valence-electron chi connectivity index (χ4n) is 3.40. The van der Waals surface area contributed by atoms with E-state index in [0.29, 0.717) is 16.6 Å². The number of nitriles is 1. The van der Waals surface area contributed by atoms with Gasteiger partial charge < -0.3 is 9.32 Å². The quantitative estimate of drug-likeness (QED) is 0.424. The van der Waals surface area contributed by atoms with Crippen LogP contribution in [0, 0.1) is 17.1 Å². The van der Waals surface area contributed by atoms with Gasteiger partial charge in [0.2, 0.25) is 5.91 Å². The van der Waals surface area contributed by atoms with Gasteiger partial charge in [0.05, 0.1) is 36.7 Å². The molecule has 2 amide bonds. The Morgan fingerprint density at radius 1 is 1.14 bits per heavy atom. The highest BCUT2D eigenvalue weighted by Gasteiger charge is 2.32. The van der Waals surface area contributed by atoms with E-state index in [9.17, 15) is 14.0 Å². The van der Waals surface area contributed by atoms with Gasteiger partial charge in [-0.3, -0.25) is 14.5 Å². The summed E-state index contributed by atoms with van der Waals surface area (Å²) < 4.78 is 18.8. The van der Waals surface area contributed by atoms with Gasteiger partial charge in [-0.25, -0.2) is 9.38 Å². The van der Waals surface area contributed by atoms with Crippen molar-refractivity contribution in [2.24, 2.45) is 4.99 Å². The summed E-state index contributed by atoms with van der Waals surface area (Å²) in [5.74, 6) is -0.415. The molecule has 35 heavy (non-hydrogen) atoms. The third-order valence-corrected chi connectivity index (χ3v) is 6.04. The van der Waals surface area contributed by atoms with Crippen molar-refractivity contribution >= 4 is 40.5 Å². The number of carbonyl (C=O) groups is 2. The lowest BCUT2D eigenvalue weighted by molar-refractivity contribution is -0.129. The van der Waals surface area contributed by atoms with E-state index < -0.39 is 5.82 Å². The summed E-state index contributed by atoms with van der Waals surface area (Å²) in [6.07, 6.45) is 3.38. The summed E-state index contributed by atoms with van der Waals surface area (Å²) in [5, 5.41) is 9.29. The van der Waals surface area contributed by atoms with E-state index in [2.05, 4.69) is 11.1 Å². The molecule has 1 aromatic heterocycles. The maximum absolute atomic E-state index is 13.5. The summed E-state index contributed by atoms with van der Waals surface area (Å²) >= 11 is 1.11. The molecule has 176 valence electrons. The molecule has 1 aliphatic rings. The largest absolute Gasteiger partial charge is 0.467 e. The normalized spacial score (nSPS) is 14.2. The first-order valence-electron chi connectivity index (χ1n) is 10.8. The monoisotopic (exact) mass is 488 g/mol. The highest BCUT2D eigenvalue weighted by atomic mass is 32.2. The van der Waals surface area contributed by atoms with Gasteiger partial charge >= 0.3 is 0 Å². The predicted octanol–water partition coefficient (Wildman–Crippen LogP) is 4.84. The van der Waals surface area contributed by atoms with Gasteiger partial charge in [0.25, 0.3) is 5.91 Å². The Labute approximate surface area is 206 Å². The summed E-state index contributed by atoms with van der Waals surface area (Å²) in [6, 6.07) is 20.4. The van der Waals surface area contributed by atoms with Crippen molar-refractivity contribution in [3.05, 3.63) is 95.8 Å². The van der Waals surface area contributed by atoms with Crippen LogP contribution in [0.5, 0.6) is 0 Å². The van der Waals surface area contributed by atoms with Crippen LogP contribution in [0.3, 0.4) is 0 Å². The minimum Gasteiger partial charge on any atom is -0.467 e. The fraction of sp³-hybridized carbons (Fsp3) is 0.154. The van der Waals surface area contributed by atoms with Crippen LogP contribution in [-0.4, -0.2) is 34.2 Å². The topological polar surface area (TPSA) is 89.9 Å². The number of amidine groups is 1. The van der Waals surface area contributed by atoms with Gasteiger partial charge in [-0.15, -0.1) is 0 Å². The molecule has 0 bridgehead atoms. The van der Waals surface area contributed by atoms with Crippen LogP contribution < -0.4 is 4.90 Å². The van der Waals surface area contributed by atoms with Crippen LogP contribution in [0.1, 0.15) is 17.7 Å². The van der Waals surface area contributed by atoms with E-state index in [4.69, 9.17) is 9.68 Å². The van der Waals surface area contributed by atoms with Crippen molar-refractivity contribution < 1.29 is 18.4 Å². The van der Waals surface area contributed by atoms with Gasteiger partial charge in [-0.1, -0.05) is 42.1 Å². The second kappa shape index (κ2) is 11.3. The number of thioether (sulfide) groups is 1. The summed E-state index contributed by atoms with van der Waals surface area (Å²) in [6.45, 7) is 0.489. The van der Waals surface area contributed by atoms with Gasteiger partial charge in [0, 0.05) is 6.54 Å². The molecule has 9 heteroatoms. The van der Waals surface area contributed by atoms with Crippen molar-refractivity contribution in [2.75, 3.05) is 17.2 Å². The Bertz CT molecular complexity index is 1280. The van der Waals surface area contributed by atoms with Crippen LogP contribution in [0.25, 0.3) is 6.08 Å². The lowest BCUT2D eigenvalue weighted by Crippen LogP contribution is -2.35. The van der Waals surface area contributed by atoms with E-state index in [1.807, 2.05) is 30.3 Å². The second-order valence-corrected chi connectivity index (χ2v) is 8.49. The first-order chi connectivity index (χ1) is 17.0. The standard InChI is InChI=1S/C26H21FN4O3S/c27-20-9-11-21(12-10-20)31-25(33)23(16-19-6-2-1-3-7-19)29-26(31)35-18-24(32)30(14-5-13-28)17-22-8-4-15-34-22/h1-4,6-12,15-16H,5,14,17-18H2/b23-16+. The highest BCUT2D eigenvalue weighted by Crippen LogP contribution is 2.30. The molecule has 0 saturated carbocycles. The van der Waals surface area contributed by atoms with E-state index in [0.717, 1.165) is 17.3 Å². The molecular formula is C26H21FN4O3S. The maximum atomic E-state index is 13.5. The van der Waals surface area contributed by atoms with E-state index in [1.54, 1.807) is 18.2 Å². The number of benzene rings is 2. The van der Waals surface area contributed by atoms with E-state index in [-0.39, 0.29) is 42.8 Å². The van der Waals surface area contributed by atoms with E-state index >= 15 is 0 Å². The van der Waals surface area contributed by atoms with E-state index in [1.165, 1.54) is 40.3 Å². The second-order valence-electron chi connectivity index (χ2n) is 7.54. The zero-order valence-electron chi connectivity index (χ0n) is 18.6. The number of hydrogen-bond donors (Lipinski definition) is 0.